The molecule has 12 aromatic rings. The second-order valence-electron chi connectivity index (χ2n) is 30.2. The normalized spacial score (nSPS) is 11.2. The molecule has 786 valence electrons. The Morgan fingerprint density at radius 1 is 0.282 bits per heavy atom. The van der Waals surface area contributed by atoms with Crippen LogP contribution in [-0.4, -0.2) is 158 Å². The number of thioether (sulfide) groups is 6. The highest BCUT2D eigenvalue weighted by molar-refractivity contribution is 8.15. The Labute approximate surface area is 891 Å². The summed E-state index contributed by atoms with van der Waals surface area (Å²) in [5.41, 5.74) is 2.85. The lowest BCUT2D eigenvalue weighted by Gasteiger charge is -2.12. The van der Waals surface area contributed by atoms with Crippen LogP contribution in [0.15, 0.2) is 314 Å². The van der Waals surface area contributed by atoms with Crippen LogP contribution in [0.2, 0.25) is 10.0 Å². The van der Waals surface area contributed by atoms with Crippen LogP contribution in [0.25, 0.3) is 0 Å². The number of nitrogens with one attached hydrogen (secondary N) is 6. The van der Waals surface area contributed by atoms with Crippen LogP contribution in [0.4, 0.5) is 56.1 Å². The predicted octanol–water partition coefficient (Wildman–Crippen LogP) is 20.6. The fourth-order valence-electron chi connectivity index (χ4n) is 11.6. The Bertz CT molecular complexity index is 7490. The summed E-state index contributed by atoms with van der Waals surface area (Å²) in [5, 5.41) is -1.38. The molecule has 50 heteroatoms. The fraction of sp³-hybridized carbons (Fsp3) is 0.152. The van der Waals surface area contributed by atoms with Gasteiger partial charge in [0.25, 0.3) is 60.1 Å². The van der Waals surface area contributed by atoms with Gasteiger partial charge in [0.1, 0.15) is 27.2 Å². The summed E-state index contributed by atoms with van der Waals surface area (Å²) >= 11 is 16.9. The second kappa shape index (κ2) is 57.3. The number of methoxy groups -OCH3 is 1. The van der Waals surface area contributed by atoms with E-state index in [0.29, 0.717) is 62.3 Å². The van der Waals surface area contributed by atoms with Crippen molar-refractivity contribution in [1.82, 2.24) is 0 Å². The first-order valence-corrected chi connectivity index (χ1v) is 58.0. The van der Waals surface area contributed by atoms with Crippen LogP contribution in [0.3, 0.4) is 0 Å². The maximum Gasteiger partial charge on any atom is 0.417 e. The van der Waals surface area contributed by atoms with E-state index in [2.05, 4.69) is 28.3 Å². The van der Waals surface area contributed by atoms with Crippen LogP contribution >= 0.6 is 93.8 Å². The number of carbonyl (C=O) groups excluding carboxylic acids is 12. The highest BCUT2D eigenvalue weighted by atomic mass is 35.5. The molecule has 0 saturated heterocycles. The van der Waals surface area contributed by atoms with E-state index in [1.807, 2.05) is 0 Å². The number of ketones is 6. The summed E-state index contributed by atoms with van der Waals surface area (Å²) in [6.07, 6.45) is -4.80. The molecule has 0 unspecified atom stereocenters. The standard InChI is InChI=1S/C17H13ClF3NO4S2.C17H16FNO4S2.C17H17NO5S2.C16H14ClNO4S2.C16H14FNO4S2.C16H15NO4S2/c1-10(23)27-9-16(24)11-2-4-12(5-3-11)22-28(25,26)13-6-7-15(18)14(8-13)17(19,20)21;1-11-9-14(18)5-8-17(11)25(22,23)19-15-6-3-13(4-7-15)16(21)10-24-12(2)20;1-12(19)24-11-17(20)13-3-5-14(6-4-13)18-25(21,22)16-9-7-15(23-2)8-10-16;2*1-11(19)23-10-15(20)12-6-8-13(9-7-12)18-24(21,22)16-5-3-2-4-14(16)17;1-12(18)22-11-16(19)13-7-9-14(10-8-13)17-23(20,21)15-5-3-2-4-6-15/h2-8,22H,9H2,1H3;3-9,19H,10H2,1-2H3;3-10,18H,11H2,1-2H3;2*2-9,18H,10H2,1H3;2-10,17H,11H2,1H3. The van der Waals surface area contributed by atoms with Gasteiger partial charge in [-0.25, -0.2) is 59.3 Å². The predicted molar refractivity (Wildman–Crippen MR) is 573 cm³/mol. The van der Waals surface area contributed by atoms with Gasteiger partial charge in [-0.05, 0) is 255 Å². The van der Waals surface area contributed by atoms with Crippen molar-refractivity contribution < 1.29 is 135 Å². The van der Waals surface area contributed by atoms with Gasteiger partial charge in [0, 0.05) is 109 Å². The topological polar surface area (TPSA) is 491 Å². The molecule has 0 spiro atoms. The van der Waals surface area contributed by atoms with Crippen molar-refractivity contribution in [3.05, 3.63) is 351 Å². The molecule has 0 aromatic heterocycles. The lowest BCUT2D eigenvalue weighted by molar-refractivity contribution is -0.137. The van der Waals surface area contributed by atoms with Gasteiger partial charge in [0.15, 0.2) is 65.4 Å². The Balaban J connectivity index is 0.000000242. The van der Waals surface area contributed by atoms with Gasteiger partial charge < -0.3 is 4.74 Å². The molecule has 12 aromatic carbocycles. The highest BCUT2D eigenvalue weighted by Gasteiger charge is 2.35. The lowest BCUT2D eigenvalue weighted by atomic mass is 10.1. The number of aryl methyl sites for hydroxylation is 1. The molecule has 6 N–H and O–H groups in total. The molecular formula is C99H89Cl2F5N6O25S12. The number of benzene rings is 12. The molecular weight excluding hydrogens is 2220 g/mol. The van der Waals surface area contributed by atoms with Crippen LogP contribution in [0.1, 0.15) is 115 Å². The summed E-state index contributed by atoms with van der Waals surface area (Å²) in [6.45, 7) is 9.79. The Morgan fingerprint density at radius 2 is 0.537 bits per heavy atom. The molecule has 0 aliphatic rings. The highest BCUT2D eigenvalue weighted by Crippen LogP contribution is 2.37. The van der Waals surface area contributed by atoms with Gasteiger partial charge in [0.2, 0.25) is 0 Å². The smallest absolute Gasteiger partial charge is 0.417 e. The number of halogens is 7. The molecule has 0 radical (unpaired) electrons. The zero-order valence-electron chi connectivity index (χ0n) is 79.1. The molecule has 0 atom stereocenters. The Hall–Kier alpha value is -12.7. The zero-order valence-corrected chi connectivity index (χ0v) is 90.4. The Morgan fingerprint density at radius 3 is 0.819 bits per heavy atom. The van der Waals surface area contributed by atoms with Gasteiger partial charge in [-0.3, -0.25) is 85.9 Å². The van der Waals surface area contributed by atoms with Crippen LogP contribution in [0, 0.1) is 18.6 Å². The van der Waals surface area contributed by atoms with E-state index < -0.39 is 98.3 Å². The summed E-state index contributed by atoms with van der Waals surface area (Å²) in [7, 11) is -21.9. The Kier molecular flexibility index (Phi) is 47.4. The molecule has 12 rings (SSSR count). The molecule has 0 heterocycles. The van der Waals surface area contributed by atoms with Gasteiger partial charge in [-0.1, -0.05) is 136 Å². The first kappa shape index (κ1) is 123. The summed E-state index contributed by atoms with van der Waals surface area (Å²) in [6, 6.07) is 65.9. The van der Waals surface area contributed by atoms with Gasteiger partial charge in [-0.15, -0.1) is 0 Å². The fourth-order valence-corrected chi connectivity index (χ4v) is 22.1. The molecule has 0 aliphatic carbocycles. The number of Topliss-reactive ketones (excluding diaryl/α,β-unsaturated/α-hetero) is 6. The van der Waals surface area contributed by atoms with Crippen molar-refractivity contribution >= 4 is 253 Å². The van der Waals surface area contributed by atoms with E-state index in [4.69, 9.17) is 27.9 Å². The molecule has 0 amide bonds. The first-order valence-electron chi connectivity index (χ1n) is 42.5. The van der Waals surface area contributed by atoms with Crippen molar-refractivity contribution in [1.29, 1.82) is 0 Å². The van der Waals surface area contributed by atoms with Crippen molar-refractivity contribution in [2.24, 2.45) is 0 Å². The molecule has 0 fully saturated rings. The third-order valence-electron chi connectivity index (χ3n) is 18.8. The summed E-state index contributed by atoms with van der Waals surface area (Å²) in [4.78, 5) is 136. The van der Waals surface area contributed by atoms with Crippen LogP contribution in [0.5, 0.6) is 5.75 Å². The number of ether oxygens (including phenoxy) is 1. The van der Waals surface area contributed by atoms with Gasteiger partial charge in [0.05, 0.1) is 76.8 Å². The molecule has 149 heavy (non-hydrogen) atoms. The van der Waals surface area contributed by atoms with E-state index in [9.17, 15) is 130 Å². The van der Waals surface area contributed by atoms with Crippen molar-refractivity contribution in [3.8, 4) is 5.75 Å². The van der Waals surface area contributed by atoms with Crippen molar-refractivity contribution in [2.45, 2.75) is 84.0 Å². The van der Waals surface area contributed by atoms with E-state index in [-0.39, 0.29) is 147 Å². The minimum Gasteiger partial charge on any atom is -0.497 e. The number of hydrogen-bond acceptors (Lipinski definition) is 31. The third kappa shape index (κ3) is 41.3. The van der Waals surface area contributed by atoms with E-state index in [0.717, 1.165) is 107 Å². The van der Waals surface area contributed by atoms with Crippen molar-refractivity contribution in [2.75, 3.05) is 70.0 Å². The lowest BCUT2D eigenvalue weighted by Crippen LogP contribution is -2.15. The van der Waals surface area contributed by atoms with Gasteiger partial charge in [-0.2, -0.15) is 13.2 Å². The minimum atomic E-state index is -4.80. The number of sulfonamides is 6. The maximum atomic E-state index is 13.6. The van der Waals surface area contributed by atoms with Crippen LogP contribution in [-0.2, 0) is 95.1 Å². The second-order valence-corrected chi connectivity index (χ2v) is 47.9. The maximum absolute atomic E-state index is 13.6. The minimum absolute atomic E-state index is 0.0214. The average molecular weight is 2310 g/mol. The quantitative estimate of drug-likeness (QED) is 0.0156. The number of carbonyl (C=O) groups is 12. The number of anilines is 6. The number of hydrogen-bond donors (Lipinski definition) is 6. The van der Waals surface area contributed by atoms with Gasteiger partial charge >= 0.3 is 6.18 Å². The number of rotatable bonds is 37. The molecule has 0 aliphatic heterocycles. The zero-order chi connectivity index (χ0) is 111. The first-order chi connectivity index (χ1) is 69.9. The summed E-state index contributed by atoms with van der Waals surface area (Å²) in [5.74, 6) is -1.94. The van der Waals surface area contributed by atoms with E-state index in [1.54, 1.807) is 42.5 Å². The molecule has 31 nitrogen and oxygen atoms in total. The van der Waals surface area contributed by atoms with Crippen LogP contribution < -0.4 is 33.1 Å². The molecule has 0 bridgehead atoms. The largest absolute Gasteiger partial charge is 0.497 e. The number of alkyl halides is 3. The van der Waals surface area contributed by atoms with Crippen molar-refractivity contribution in [3.63, 3.8) is 0 Å². The average Bonchev–Trinajstić information content (AvgIpc) is 1.00. The monoisotopic (exact) mass is 2310 g/mol. The third-order valence-corrected chi connectivity index (χ3v) is 33.1. The SMILES string of the molecule is CC(=O)SCC(=O)c1ccc(NS(=O)(=O)c2ccc(Cl)c(C(F)(F)F)c2)cc1.CC(=O)SCC(=O)c1ccc(NS(=O)(=O)c2ccc(F)cc2C)cc1.CC(=O)SCC(=O)c1ccc(NS(=O)(=O)c2ccccc2)cc1.CC(=O)SCC(=O)c1ccc(NS(=O)(=O)c2ccccc2Cl)cc1.CC(=O)SCC(=O)c1ccc(NS(=O)(=O)c2ccccc2F)cc1.COc1ccc(S(=O)(=O)Nc2ccc(C(=O)CSC(C)=O)cc2)cc1. The molecule has 0 saturated carbocycles. The summed E-state index contributed by atoms with van der Waals surface area (Å²) < 4.78 is 232. The van der Waals surface area contributed by atoms with E-state index >= 15 is 0 Å². The van der Waals surface area contributed by atoms with E-state index in [1.165, 1.54) is 256 Å².